The fraction of sp³-hybridized carbons (Fsp3) is 0.538. The van der Waals surface area contributed by atoms with Gasteiger partial charge in [-0.1, -0.05) is 44.4 Å². The molecule has 0 saturated carbocycles. The molecular weight excluding hydrogens is 170 g/mol. The Labute approximate surface area is 87.3 Å². The van der Waals surface area contributed by atoms with Gasteiger partial charge < -0.3 is 5.73 Å². The molecule has 0 heterocycles. The van der Waals surface area contributed by atoms with Gasteiger partial charge in [-0.25, -0.2) is 0 Å². The van der Waals surface area contributed by atoms with Gasteiger partial charge in [0.15, 0.2) is 0 Å². The van der Waals surface area contributed by atoms with E-state index < -0.39 is 0 Å². The highest BCUT2D eigenvalue weighted by Gasteiger charge is 2.05. The van der Waals surface area contributed by atoms with E-state index in [-0.39, 0.29) is 0 Å². The minimum Gasteiger partial charge on any atom is -0.398 e. The fourth-order valence-corrected chi connectivity index (χ4v) is 1.91. The van der Waals surface area contributed by atoms with Crippen molar-refractivity contribution in [3.8, 4) is 0 Å². The van der Waals surface area contributed by atoms with Gasteiger partial charge in [0.2, 0.25) is 0 Å². The number of anilines is 1. The van der Waals surface area contributed by atoms with Crippen molar-refractivity contribution in [1.82, 2.24) is 0 Å². The maximum atomic E-state index is 6.12. The van der Waals surface area contributed by atoms with Crippen molar-refractivity contribution >= 4 is 5.69 Å². The molecule has 0 bridgehead atoms. The van der Waals surface area contributed by atoms with Crippen LogP contribution in [0.15, 0.2) is 12.1 Å². The molecule has 0 aromatic heterocycles. The highest BCUT2D eigenvalue weighted by Crippen LogP contribution is 2.22. The quantitative estimate of drug-likeness (QED) is 0.724. The summed E-state index contributed by atoms with van der Waals surface area (Å²) < 4.78 is 0. The second kappa shape index (κ2) is 5.04. The van der Waals surface area contributed by atoms with Crippen LogP contribution >= 0.6 is 0 Å². The Morgan fingerprint density at radius 1 is 1.00 bits per heavy atom. The van der Waals surface area contributed by atoms with E-state index in [1.807, 2.05) is 0 Å². The highest BCUT2D eigenvalue weighted by molar-refractivity contribution is 5.55. The topological polar surface area (TPSA) is 26.0 Å². The first kappa shape index (κ1) is 11.1. The standard InChI is InChI=1S/C13H21N/c1-4-6-11-8-10(3)9-12(7-5-2)13(11)14/h8-9H,4-7,14H2,1-3H3. The zero-order chi connectivity index (χ0) is 10.6. The maximum Gasteiger partial charge on any atom is 0.0379 e. The van der Waals surface area contributed by atoms with E-state index in [9.17, 15) is 0 Å². The largest absolute Gasteiger partial charge is 0.398 e. The molecule has 1 aromatic carbocycles. The Bertz CT molecular complexity index is 275. The van der Waals surface area contributed by atoms with Crippen molar-refractivity contribution in [2.45, 2.75) is 46.5 Å². The highest BCUT2D eigenvalue weighted by atomic mass is 14.6. The summed E-state index contributed by atoms with van der Waals surface area (Å²) in [6, 6.07) is 4.44. The van der Waals surface area contributed by atoms with Crippen LogP contribution in [0.5, 0.6) is 0 Å². The van der Waals surface area contributed by atoms with E-state index in [2.05, 4.69) is 32.9 Å². The van der Waals surface area contributed by atoms with Crippen LogP contribution in [-0.4, -0.2) is 0 Å². The number of rotatable bonds is 4. The predicted octanol–water partition coefficient (Wildman–Crippen LogP) is 3.48. The second-order valence-corrected chi connectivity index (χ2v) is 4.00. The molecule has 2 N–H and O–H groups in total. The number of nitrogens with two attached hydrogens (primary N) is 1. The minimum absolute atomic E-state index is 1.03. The first-order chi connectivity index (χ1) is 6.69. The molecule has 0 radical (unpaired) electrons. The SMILES string of the molecule is CCCc1cc(C)cc(CCC)c1N. The van der Waals surface area contributed by atoms with E-state index in [1.165, 1.54) is 29.5 Å². The van der Waals surface area contributed by atoms with Gasteiger partial charge in [-0.3, -0.25) is 0 Å². The zero-order valence-corrected chi connectivity index (χ0v) is 9.56. The first-order valence-electron chi connectivity index (χ1n) is 5.56. The average molecular weight is 191 g/mol. The molecule has 0 fully saturated rings. The summed E-state index contributed by atoms with van der Waals surface area (Å²) in [5.74, 6) is 0. The van der Waals surface area contributed by atoms with Crippen molar-refractivity contribution in [2.75, 3.05) is 5.73 Å². The number of hydrogen-bond donors (Lipinski definition) is 1. The maximum absolute atomic E-state index is 6.12. The molecule has 1 nitrogen and oxygen atoms in total. The molecule has 0 saturated heterocycles. The fourth-order valence-electron chi connectivity index (χ4n) is 1.91. The van der Waals surface area contributed by atoms with Crippen molar-refractivity contribution in [3.05, 3.63) is 28.8 Å². The Kier molecular flexibility index (Phi) is 3.99. The van der Waals surface area contributed by atoms with Gasteiger partial charge in [0.25, 0.3) is 0 Å². The van der Waals surface area contributed by atoms with Crippen molar-refractivity contribution in [1.29, 1.82) is 0 Å². The molecule has 1 heteroatoms. The van der Waals surface area contributed by atoms with E-state index in [4.69, 9.17) is 5.73 Å². The van der Waals surface area contributed by atoms with Gasteiger partial charge in [-0.05, 0) is 30.9 Å². The smallest absolute Gasteiger partial charge is 0.0379 e. The second-order valence-electron chi connectivity index (χ2n) is 4.00. The predicted molar refractivity (Wildman–Crippen MR) is 63.6 cm³/mol. The molecule has 0 aliphatic rings. The van der Waals surface area contributed by atoms with E-state index in [0.29, 0.717) is 0 Å². The molecule has 0 spiro atoms. The first-order valence-corrected chi connectivity index (χ1v) is 5.56. The summed E-state index contributed by atoms with van der Waals surface area (Å²) in [7, 11) is 0. The molecule has 0 atom stereocenters. The summed E-state index contributed by atoms with van der Waals surface area (Å²) in [6.07, 6.45) is 4.53. The number of benzene rings is 1. The van der Waals surface area contributed by atoms with Crippen LogP contribution in [0.2, 0.25) is 0 Å². The third-order valence-corrected chi connectivity index (χ3v) is 2.53. The van der Waals surface area contributed by atoms with E-state index >= 15 is 0 Å². The van der Waals surface area contributed by atoms with E-state index in [0.717, 1.165) is 18.5 Å². The summed E-state index contributed by atoms with van der Waals surface area (Å²) in [5.41, 5.74) is 11.1. The summed E-state index contributed by atoms with van der Waals surface area (Å²) in [5, 5.41) is 0. The van der Waals surface area contributed by atoms with Crippen LogP contribution in [0.25, 0.3) is 0 Å². The Hall–Kier alpha value is -0.980. The van der Waals surface area contributed by atoms with Crippen LogP contribution < -0.4 is 5.73 Å². The van der Waals surface area contributed by atoms with Crippen molar-refractivity contribution < 1.29 is 0 Å². The number of nitrogen functional groups attached to an aromatic ring is 1. The number of hydrogen-bond acceptors (Lipinski definition) is 1. The van der Waals surface area contributed by atoms with Crippen LogP contribution in [-0.2, 0) is 12.8 Å². The van der Waals surface area contributed by atoms with Gasteiger partial charge >= 0.3 is 0 Å². The Balaban J connectivity index is 3.04. The zero-order valence-electron chi connectivity index (χ0n) is 9.56. The number of aryl methyl sites for hydroxylation is 3. The van der Waals surface area contributed by atoms with Gasteiger partial charge in [-0.15, -0.1) is 0 Å². The summed E-state index contributed by atoms with van der Waals surface area (Å²) >= 11 is 0. The monoisotopic (exact) mass is 191 g/mol. The molecule has 14 heavy (non-hydrogen) atoms. The molecule has 1 rings (SSSR count). The lowest BCUT2D eigenvalue weighted by atomic mass is 9.98. The van der Waals surface area contributed by atoms with Crippen LogP contribution in [0.4, 0.5) is 5.69 Å². The third kappa shape index (κ3) is 2.50. The normalized spacial score (nSPS) is 10.5. The van der Waals surface area contributed by atoms with E-state index in [1.54, 1.807) is 0 Å². The molecule has 0 aliphatic carbocycles. The lowest BCUT2D eigenvalue weighted by Gasteiger charge is -2.11. The molecule has 0 aliphatic heterocycles. The molecule has 78 valence electrons. The van der Waals surface area contributed by atoms with Gasteiger partial charge in [-0.2, -0.15) is 0 Å². The Morgan fingerprint density at radius 2 is 1.43 bits per heavy atom. The summed E-state index contributed by atoms with van der Waals surface area (Å²) in [4.78, 5) is 0. The summed E-state index contributed by atoms with van der Waals surface area (Å²) in [6.45, 7) is 6.54. The minimum atomic E-state index is 1.03. The van der Waals surface area contributed by atoms with Gasteiger partial charge in [0, 0.05) is 5.69 Å². The third-order valence-electron chi connectivity index (χ3n) is 2.53. The van der Waals surface area contributed by atoms with Crippen LogP contribution in [0.3, 0.4) is 0 Å². The Morgan fingerprint density at radius 3 is 1.79 bits per heavy atom. The van der Waals surface area contributed by atoms with Crippen molar-refractivity contribution in [3.63, 3.8) is 0 Å². The van der Waals surface area contributed by atoms with Crippen molar-refractivity contribution in [2.24, 2.45) is 0 Å². The van der Waals surface area contributed by atoms with Gasteiger partial charge in [0.1, 0.15) is 0 Å². The molecule has 1 aromatic rings. The average Bonchev–Trinajstić information content (AvgIpc) is 2.14. The van der Waals surface area contributed by atoms with Crippen LogP contribution in [0.1, 0.15) is 43.4 Å². The molecule has 0 amide bonds. The molecule has 0 unspecified atom stereocenters. The lowest BCUT2D eigenvalue weighted by Crippen LogP contribution is -2.01. The van der Waals surface area contributed by atoms with Gasteiger partial charge in [0.05, 0.1) is 0 Å². The van der Waals surface area contributed by atoms with Crippen LogP contribution in [0, 0.1) is 6.92 Å². The molecular formula is C13H21N. The lowest BCUT2D eigenvalue weighted by molar-refractivity contribution is 0.897.